The predicted octanol–water partition coefficient (Wildman–Crippen LogP) is 0.0439. The fraction of sp³-hybridized carbons (Fsp3) is 0.500. The van der Waals surface area contributed by atoms with Crippen molar-refractivity contribution >= 4 is 12.0 Å². The first-order valence-corrected chi connectivity index (χ1v) is 5.26. The minimum atomic E-state index is -1.07. The third kappa shape index (κ3) is 4.54. The number of hydrogen-bond acceptors (Lipinski definition) is 3. The predicted molar refractivity (Wildman–Crippen MR) is 60.5 cm³/mol. The van der Waals surface area contributed by atoms with Crippen LogP contribution in [0.4, 0.5) is 4.79 Å². The van der Waals surface area contributed by atoms with Crippen molar-refractivity contribution in [2.24, 2.45) is 0 Å². The van der Waals surface area contributed by atoms with Gasteiger partial charge in [-0.25, -0.2) is 4.79 Å². The molecule has 0 aliphatic carbocycles. The second kappa shape index (κ2) is 5.88. The number of aliphatic carboxylic acids is 1. The molecule has 0 bridgehead atoms. The third-order valence-corrected chi connectivity index (χ3v) is 2.12. The van der Waals surface area contributed by atoms with E-state index in [1.54, 1.807) is 23.1 Å². The normalized spacial score (nSPS) is 13.8. The second-order valence-electron chi connectivity index (χ2n) is 3.81. The first kappa shape index (κ1) is 13.0. The van der Waals surface area contributed by atoms with Gasteiger partial charge in [0.25, 0.3) is 0 Å². The number of carbonyl (C=O) groups excluding carboxylic acids is 1. The lowest BCUT2D eigenvalue weighted by Crippen LogP contribution is -2.48. The summed E-state index contributed by atoms with van der Waals surface area (Å²) in [6, 6.07) is 0.238. The zero-order valence-corrected chi connectivity index (χ0v) is 9.75. The Kier molecular flexibility index (Phi) is 4.50. The summed E-state index contributed by atoms with van der Waals surface area (Å²) >= 11 is 0. The van der Waals surface area contributed by atoms with E-state index < -0.39 is 18.0 Å². The van der Waals surface area contributed by atoms with Gasteiger partial charge >= 0.3 is 12.0 Å². The molecule has 0 radical (unpaired) electrons. The minimum Gasteiger partial charge on any atom is -0.480 e. The number of carboxylic acid groups (broad SMARTS) is 1. The zero-order valence-electron chi connectivity index (χ0n) is 9.75. The molecular weight excluding hydrogens is 224 g/mol. The molecule has 0 saturated heterocycles. The molecule has 7 nitrogen and oxygen atoms in total. The van der Waals surface area contributed by atoms with Crippen molar-refractivity contribution in [1.82, 2.24) is 20.4 Å². The quantitative estimate of drug-likeness (QED) is 0.677. The highest BCUT2D eigenvalue weighted by Gasteiger charge is 2.15. The van der Waals surface area contributed by atoms with Crippen LogP contribution in [0.1, 0.15) is 13.8 Å². The van der Waals surface area contributed by atoms with Gasteiger partial charge in [0.1, 0.15) is 6.04 Å². The summed E-state index contributed by atoms with van der Waals surface area (Å²) in [6.07, 6.45) is 3.44. The smallest absolute Gasteiger partial charge is 0.325 e. The Labute approximate surface area is 98.8 Å². The molecule has 17 heavy (non-hydrogen) atoms. The summed E-state index contributed by atoms with van der Waals surface area (Å²) in [5.74, 6) is -1.07. The molecule has 2 amide bonds. The van der Waals surface area contributed by atoms with E-state index in [4.69, 9.17) is 5.11 Å². The van der Waals surface area contributed by atoms with Crippen molar-refractivity contribution in [1.29, 1.82) is 0 Å². The van der Waals surface area contributed by atoms with Crippen LogP contribution in [0.25, 0.3) is 0 Å². The Morgan fingerprint density at radius 1 is 1.41 bits per heavy atom. The lowest BCUT2D eigenvalue weighted by molar-refractivity contribution is -0.138. The van der Waals surface area contributed by atoms with Gasteiger partial charge in [-0.15, -0.1) is 0 Å². The average molecular weight is 240 g/mol. The van der Waals surface area contributed by atoms with E-state index in [1.165, 1.54) is 6.92 Å². The standard InChI is InChI=1S/C10H16N4O3/c1-7(6-14-5-3-4-11-14)12-10(17)13-8(2)9(15)16/h3-5,7-8H,6H2,1-2H3,(H,15,16)(H2,12,13,17). The zero-order chi connectivity index (χ0) is 12.8. The van der Waals surface area contributed by atoms with Gasteiger partial charge in [-0.3, -0.25) is 9.48 Å². The van der Waals surface area contributed by atoms with Gasteiger partial charge in [0.05, 0.1) is 6.54 Å². The number of nitrogens with one attached hydrogen (secondary N) is 2. The van der Waals surface area contributed by atoms with Crippen LogP contribution in [0.2, 0.25) is 0 Å². The molecule has 0 aliphatic heterocycles. The van der Waals surface area contributed by atoms with Gasteiger partial charge in [-0.1, -0.05) is 0 Å². The Bertz CT molecular complexity index is 377. The van der Waals surface area contributed by atoms with Crippen LogP contribution in [0.3, 0.4) is 0 Å². The van der Waals surface area contributed by atoms with Gasteiger partial charge in [-0.05, 0) is 19.9 Å². The Balaban J connectivity index is 2.33. The molecule has 0 aliphatic rings. The summed E-state index contributed by atoms with van der Waals surface area (Å²) in [6.45, 7) is 3.74. The van der Waals surface area contributed by atoms with Crippen LogP contribution in [0, 0.1) is 0 Å². The SMILES string of the molecule is CC(Cn1cccn1)NC(=O)NC(C)C(=O)O. The van der Waals surface area contributed by atoms with Crippen molar-refractivity contribution < 1.29 is 14.7 Å². The lowest BCUT2D eigenvalue weighted by Gasteiger charge is -2.16. The lowest BCUT2D eigenvalue weighted by atomic mass is 10.3. The molecule has 3 N–H and O–H groups in total. The van der Waals surface area contributed by atoms with Gasteiger partial charge < -0.3 is 15.7 Å². The fourth-order valence-corrected chi connectivity index (χ4v) is 1.26. The van der Waals surface area contributed by atoms with Crippen LogP contribution >= 0.6 is 0 Å². The summed E-state index contributed by atoms with van der Waals surface area (Å²) in [4.78, 5) is 21.9. The summed E-state index contributed by atoms with van der Waals surface area (Å²) in [7, 11) is 0. The second-order valence-corrected chi connectivity index (χ2v) is 3.81. The summed E-state index contributed by atoms with van der Waals surface area (Å²) in [5.41, 5.74) is 0. The monoisotopic (exact) mass is 240 g/mol. The maximum Gasteiger partial charge on any atom is 0.325 e. The van der Waals surface area contributed by atoms with E-state index in [1.807, 2.05) is 6.92 Å². The van der Waals surface area contributed by atoms with Crippen molar-refractivity contribution in [3.8, 4) is 0 Å². The van der Waals surface area contributed by atoms with Crippen molar-refractivity contribution in [3.05, 3.63) is 18.5 Å². The Morgan fingerprint density at radius 2 is 2.12 bits per heavy atom. The maximum absolute atomic E-state index is 11.4. The van der Waals surface area contributed by atoms with E-state index in [0.717, 1.165) is 0 Å². The van der Waals surface area contributed by atoms with Crippen LogP contribution in [-0.2, 0) is 11.3 Å². The minimum absolute atomic E-state index is 0.143. The first-order valence-electron chi connectivity index (χ1n) is 5.26. The van der Waals surface area contributed by atoms with Crippen molar-refractivity contribution in [2.75, 3.05) is 0 Å². The third-order valence-electron chi connectivity index (χ3n) is 2.12. The molecule has 1 aromatic rings. The number of urea groups is 1. The molecule has 0 saturated carbocycles. The molecule has 1 heterocycles. The first-order chi connectivity index (χ1) is 7.99. The van der Waals surface area contributed by atoms with Crippen LogP contribution in [-0.4, -0.2) is 39.0 Å². The highest BCUT2D eigenvalue weighted by Crippen LogP contribution is 1.91. The number of carbonyl (C=O) groups is 2. The van der Waals surface area contributed by atoms with Crippen LogP contribution < -0.4 is 10.6 Å². The summed E-state index contributed by atoms with van der Waals surface area (Å²) in [5, 5.41) is 17.6. The molecule has 7 heteroatoms. The van der Waals surface area contributed by atoms with Crippen LogP contribution in [0.15, 0.2) is 18.5 Å². The van der Waals surface area contributed by atoms with E-state index >= 15 is 0 Å². The number of carboxylic acids is 1. The van der Waals surface area contributed by atoms with Gasteiger partial charge in [0.2, 0.25) is 0 Å². The number of amides is 2. The Hall–Kier alpha value is -2.05. The van der Waals surface area contributed by atoms with Crippen LogP contribution in [0.5, 0.6) is 0 Å². The highest BCUT2D eigenvalue weighted by atomic mass is 16.4. The molecule has 2 unspecified atom stereocenters. The molecule has 0 fully saturated rings. The number of rotatable bonds is 5. The summed E-state index contributed by atoms with van der Waals surface area (Å²) < 4.78 is 1.69. The fourth-order valence-electron chi connectivity index (χ4n) is 1.26. The van der Waals surface area contributed by atoms with E-state index in [-0.39, 0.29) is 6.04 Å². The molecule has 94 valence electrons. The molecule has 0 spiro atoms. The molecule has 2 atom stereocenters. The van der Waals surface area contributed by atoms with E-state index in [0.29, 0.717) is 6.54 Å². The topological polar surface area (TPSA) is 96.3 Å². The highest BCUT2D eigenvalue weighted by molar-refractivity contribution is 5.82. The molecule has 0 aromatic carbocycles. The largest absolute Gasteiger partial charge is 0.480 e. The van der Waals surface area contributed by atoms with E-state index in [9.17, 15) is 9.59 Å². The van der Waals surface area contributed by atoms with Gasteiger partial charge in [-0.2, -0.15) is 5.10 Å². The van der Waals surface area contributed by atoms with Gasteiger partial charge in [0.15, 0.2) is 0 Å². The number of hydrogen-bond donors (Lipinski definition) is 3. The number of aromatic nitrogens is 2. The Morgan fingerprint density at radius 3 is 2.65 bits per heavy atom. The number of nitrogens with zero attached hydrogens (tertiary/aromatic N) is 2. The molecular formula is C10H16N4O3. The van der Waals surface area contributed by atoms with E-state index in [2.05, 4.69) is 15.7 Å². The maximum atomic E-state index is 11.4. The van der Waals surface area contributed by atoms with Crippen molar-refractivity contribution in [2.45, 2.75) is 32.5 Å². The van der Waals surface area contributed by atoms with Gasteiger partial charge in [0, 0.05) is 18.4 Å². The average Bonchev–Trinajstić information content (AvgIpc) is 2.69. The van der Waals surface area contributed by atoms with Crippen molar-refractivity contribution in [3.63, 3.8) is 0 Å². The molecule has 1 aromatic heterocycles. The molecule has 1 rings (SSSR count).